The second kappa shape index (κ2) is 6.14. The third-order valence-corrected chi connectivity index (χ3v) is 4.38. The maximum atomic E-state index is 13.8. The molecular weight excluding hydrogens is 283 g/mol. The van der Waals surface area contributed by atoms with Gasteiger partial charge in [-0.05, 0) is 31.7 Å². The van der Waals surface area contributed by atoms with Crippen molar-refractivity contribution in [2.45, 2.75) is 32.2 Å². The molecule has 2 unspecified atom stereocenters. The molecule has 5 heteroatoms. The Balaban J connectivity index is 2.55. The van der Waals surface area contributed by atoms with Crippen LogP contribution in [0.3, 0.4) is 0 Å². The minimum Gasteiger partial charge on any atom is -0.323 e. The Kier molecular flexibility index (Phi) is 4.74. The summed E-state index contributed by atoms with van der Waals surface area (Å²) in [5.74, 6) is 2.49. The Labute approximate surface area is 122 Å². The van der Waals surface area contributed by atoms with Crippen molar-refractivity contribution in [3.8, 4) is 0 Å². The predicted octanol–water partition coefficient (Wildman–Crippen LogP) is 4.79. The number of hydrogen-bond acceptors (Lipinski definition) is 2. The monoisotopic (exact) mass is 300 g/mol. The smallest absolute Gasteiger partial charge is 0.151 e. The Morgan fingerprint density at radius 3 is 2.79 bits per heavy atom. The van der Waals surface area contributed by atoms with Gasteiger partial charge in [-0.2, -0.15) is 11.8 Å². The van der Waals surface area contributed by atoms with Crippen molar-refractivity contribution in [2.24, 2.45) is 0 Å². The van der Waals surface area contributed by atoms with Gasteiger partial charge in [-0.3, -0.25) is 0 Å². The number of aromatic nitrogens is 2. The summed E-state index contributed by atoms with van der Waals surface area (Å²) in [5, 5.41) is -0.235. The van der Waals surface area contributed by atoms with Crippen LogP contribution in [-0.2, 0) is 0 Å². The highest BCUT2D eigenvalue weighted by Crippen LogP contribution is 2.30. The molecule has 104 valence electrons. The molecule has 0 N–H and O–H groups in total. The fraction of sp³-hybridized carbons (Fsp3) is 0.500. The van der Waals surface area contributed by atoms with E-state index in [2.05, 4.69) is 23.4 Å². The first-order valence-electron chi connectivity index (χ1n) is 6.44. The molecular formula is C14H18ClFN2S. The number of nitrogens with zero attached hydrogens (tertiary/aromatic N) is 2. The summed E-state index contributed by atoms with van der Waals surface area (Å²) in [7, 11) is 0. The van der Waals surface area contributed by atoms with E-state index in [1.54, 1.807) is 6.07 Å². The van der Waals surface area contributed by atoms with Crippen LogP contribution in [0.2, 0.25) is 0 Å². The van der Waals surface area contributed by atoms with E-state index in [4.69, 9.17) is 11.6 Å². The Hall–Kier alpha value is -0.740. The molecule has 0 aliphatic carbocycles. The van der Waals surface area contributed by atoms with Gasteiger partial charge in [0, 0.05) is 11.8 Å². The molecule has 1 heterocycles. The highest BCUT2D eigenvalue weighted by molar-refractivity contribution is 7.99. The van der Waals surface area contributed by atoms with Gasteiger partial charge in [0.15, 0.2) is 5.82 Å². The number of imidazole rings is 1. The first kappa shape index (κ1) is 14.7. The summed E-state index contributed by atoms with van der Waals surface area (Å²) in [6.45, 7) is 6.13. The summed E-state index contributed by atoms with van der Waals surface area (Å²) in [6, 6.07) is 5.31. The normalized spacial score (nSPS) is 14.8. The van der Waals surface area contributed by atoms with Crippen LogP contribution in [0.4, 0.5) is 4.39 Å². The molecule has 2 aromatic rings. The maximum absolute atomic E-state index is 13.8. The molecule has 0 aliphatic heterocycles. The number of halogens is 2. The lowest BCUT2D eigenvalue weighted by atomic mass is 10.2. The van der Waals surface area contributed by atoms with E-state index >= 15 is 0 Å². The number of alkyl halides is 1. The summed E-state index contributed by atoms with van der Waals surface area (Å²) >= 11 is 8.06. The van der Waals surface area contributed by atoms with Crippen molar-refractivity contribution in [1.82, 2.24) is 9.55 Å². The minimum atomic E-state index is -0.287. The topological polar surface area (TPSA) is 17.8 Å². The van der Waals surface area contributed by atoms with Gasteiger partial charge in [-0.1, -0.05) is 13.0 Å². The molecule has 1 aromatic heterocycles. The Morgan fingerprint density at radius 2 is 2.16 bits per heavy atom. The number of rotatable bonds is 5. The van der Waals surface area contributed by atoms with Gasteiger partial charge in [0.1, 0.15) is 11.3 Å². The highest BCUT2D eigenvalue weighted by atomic mass is 35.5. The lowest BCUT2D eigenvalue weighted by Crippen LogP contribution is -2.12. The molecule has 0 bridgehead atoms. The summed E-state index contributed by atoms with van der Waals surface area (Å²) in [4.78, 5) is 4.39. The van der Waals surface area contributed by atoms with Crippen molar-refractivity contribution < 1.29 is 4.39 Å². The zero-order valence-electron chi connectivity index (χ0n) is 11.4. The van der Waals surface area contributed by atoms with Gasteiger partial charge in [0.2, 0.25) is 0 Å². The lowest BCUT2D eigenvalue weighted by Gasteiger charge is -2.18. The third-order valence-electron chi connectivity index (χ3n) is 3.06. The summed E-state index contributed by atoms with van der Waals surface area (Å²) < 4.78 is 15.9. The van der Waals surface area contributed by atoms with Crippen molar-refractivity contribution >= 4 is 34.4 Å². The minimum absolute atomic E-state index is 0.235. The first-order chi connectivity index (χ1) is 9.06. The summed E-state index contributed by atoms with van der Waals surface area (Å²) in [6.07, 6.45) is 0. The van der Waals surface area contributed by atoms with E-state index in [0.29, 0.717) is 5.52 Å². The van der Waals surface area contributed by atoms with Gasteiger partial charge in [-0.15, -0.1) is 11.6 Å². The van der Waals surface area contributed by atoms with Gasteiger partial charge in [0.25, 0.3) is 0 Å². The third kappa shape index (κ3) is 2.90. The van der Waals surface area contributed by atoms with E-state index in [1.807, 2.05) is 24.8 Å². The molecule has 2 atom stereocenters. The van der Waals surface area contributed by atoms with Crippen molar-refractivity contribution in [1.29, 1.82) is 0 Å². The Bertz CT molecular complexity index is 568. The van der Waals surface area contributed by atoms with Gasteiger partial charge >= 0.3 is 0 Å². The summed E-state index contributed by atoms with van der Waals surface area (Å²) in [5.41, 5.74) is 1.24. The van der Waals surface area contributed by atoms with Crippen molar-refractivity contribution in [3.05, 3.63) is 29.8 Å². The fourth-order valence-electron chi connectivity index (χ4n) is 2.21. The SMILES string of the molecule is CCSCC(C)n1c(C(C)Cl)nc2c(F)cccc21. The van der Waals surface area contributed by atoms with E-state index in [-0.39, 0.29) is 17.2 Å². The number of fused-ring (bicyclic) bond motifs is 1. The van der Waals surface area contributed by atoms with Crippen LogP contribution in [-0.4, -0.2) is 21.1 Å². The molecule has 0 spiro atoms. The van der Waals surface area contributed by atoms with Crippen LogP contribution >= 0.6 is 23.4 Å². The lowest BCUT2D eigenvalue weighted by molar-refractivity contribution is 0.593. The first-order valence-corrected chi connectivity index (χ1v) is 8.03. The Morgan fingerprint density at radius 1 is 1.42 bits per heavy atom. The zero-order chi connectivity index (χ0) is 14.0. The molecule has 19 heavy (non-hydrogen) atoms. The molecule has 0 amide bonds. The van der Waals surface area contributed by atoms with Crippen molar-refractivity contribution in [2.75, 3.05) is 11.5 Å². The second-order valence-electron chi connectivity index (χ2n) is 4.57. The predicted molar refractivity (Wildman–Crippen MR) is 81.7 cm³/mol. The molecule has 1 aromatic carbocycles. The molecule has 2 nitrogen and oxygen atoms in total. The maximum Gasteiger partial charge on any atom is 0.151 e. The van der Waals surface area contributed by atoms with Crippen LogP contribution in [0.25, 0.3) is 11.0 Å². The molecule has 0 radical (unpaired) electrons. The largest absolute Gasteiger partial charge is 0.323 e. The number of hydrogen-bond donors (Lipinski definition) is 0. The number of benzene rings is 1. The van der Waals surface area contributed by atoms with Crippen LogP contribution in [0.15, 0.2) is 18.2 Å². The number of thioether (sulfide) groups is 1. The quantitative estimate of drug-likeness (QED) is 0.739. The molecule has 0 saturated heterocycles. The van der Waals surface area contributed by atoms with Crippen LogP contribution < -0.4 is 0 Å². The van der Waals surface area contributed by atoms with Crippen LogP contribution in [0.5, 0.6) is 0 Å². The highest BCUT2D eigenvalue weighted by Gasteiger charge is 2.20. The van der Waals surface area contributed by atoms with E-state index in [0.717, 1.165) is 22.8 Å². The molecule has 2 rings (SSSR count). The van der Waals surface area contributed by atoms with Crippen molar-refractivity contribution in [3.63, 3.8) is 0 Å². The fourth-order valence-corrected chi connectivity index (χ4v) is 3.09. The van der Waals surface area contributed by atoms with Crippen LogP contribution in [0, 0.1) is 5.82 Å². The van der Waals surface area contributed by atoms with Crippen LogP contribution in [0.1, 0.15) is 38.0 Å². The molecule has 0 fully saturated rings. The van der Waals surface area contributed by atoms with E-state index in [1.165, 1.54) is 6.07 Å². The standard InChI is InChI=1S/C14H18ClFN2S/c1-4-19-8-9(2)18-12-7-5-6-11(16)13(12)17-14(18)10(3)15/h5-7,9-10H,4,8H2,1-3H3. The van der Waals surface area contributed by atoms with Gasteiger partial charge < -0.3 is 4.57 Å². The van der Waals surface area contributed by atoms with E-state index in [9.17, 15) is 4.39 Å². The average molecular weight is 301 g/mol. The second-order valence-corrected chi connectivity index (χ2v) is 6.55. The zero-order valence-corrected chi connectivity index (χ0v) is 12.9. The molecule has 0 aliphatic rings. The van der Waals surface area contributed by atoms with Gasteiger partial charge in [0.05, 0.1) is 10.9 Å². The van der Waals surface area contributed by atoms with Gasteiger partial charge in [-0.25, -0.2) is 9.37 Å². The number of para-hydroxylation sites is 1. The average Bonchev–Trinajstić information content (AvgIpc) is 2.77. The molecule has 0 saturated carbocycles. The van der Waals surface area contributed by atoms with E-state index < -0.39 is 0 Å².